The number of esters is 1. The summed E-state index contributed by atoms with van der Waals surface area (Å²) in [6, 6.07) is 8.46. The third-order valence-corrected chi connectivity index (χ3v) is 5.37. The van der Waals surface area contributed by atoms with E-state index in [9.17, 15) is 18.0 Å². The van der Waals surface area contributed by atoms with Crippen LogP contribution in [0.3, 0.4) is 0 Å². The second-order valence-corrected chi connectivity index (χ2v) is 7.90. The number of sulfonamides is 1. The lowest BCUT2D eigenvalue weighted by Gasteiger charge is -2.15. The summed E-state index contributed by atoms with van der Waals surface area (Å²) in [5.41, 5.74) is 0.783. The number of methoxy groups -OCH3 is 2. The molecule has 10 heteroatoms. The summed E-state index contributed by atoms with van der Waals surface area (Å²) < 4.78 is 43.9. The topological polar surface area (TPSA) is 128 Å². The summed E-state index contributed by atoms with van der Waals surface area (Å²) in [5.74, 6) is -1.61. The second-order valence-electron chi connectivity index (χ2n) is 6.24. The molecule has 0 unspecified atom stereocenters. The molecule has 0 saturated carbocycles. The minimum absolute atomic E-state index is 0.0396. The fourth-order valence-electron chi connectivity index (χ4n) is 2.58. The molecule has 0 fully saturated rings. The summed E-state index contributed by atoms with van der Waals surface area (Å²) >= 11 is 0. The van der Waals surface area contributed by atoms with Gasteiger partial charge in [-0.3, -0.25) is 4.72 Å². The molecular formula is C21H23NO8S. The molecule has 0 spiro atoms. The lowest BCUT2D eigenvalue weighted by atomic mass is 10.2. The molecule has 0 aromatic heterocycles. The Labute approximate surface area is 180 Å². The first-order valence-corrected chi connectivity index (χ1v) is 10.7. The Kier molecular flexibility index (Phi) is 8.03. The summed E-state index contributed by atoms with van der Waals surface area (Å²) in [7, 11) is -1.52. The molecule has 9 nitrogen and oxygen atoms in total. The highest BCUT2D eigenvalue weighted by Gasteiger charge is 2.24. The van der Waals surface area contributed by atoms with E-state index in [-0.39, 0.29) is 33.2 Å². The molecule has 0 radical (unpaired) electrons. The number of anilines is 1. The molecular weight excluding hydrogens is 426 g/mol. The molecule has 31 heavy (non-hydrogen) atoms. The zero-order chi connectivity index (χ0) is 23.0. The monoisotopic (exact) mass is 449 g/mol. The van der Waals surface area contributed by atoms with Crippen molar-refractivity contribution < 1.29 is 37.3 Å². The zero-order valence-corrected chi connectivity index (χ0v) is 18.1. The van der Waals surface area contributed by atoms with Gasteiger partial charge in [0.15, 0.2) is 11.5 Å². The lowest BCUT2D eigenvalue weighted by molar-refractivity contribution is -0.131. The molecule has 0 bridgehead atoms. The van der Waals surface area contributed by atoms with Crippen molar-refractivity contribution in [1.29, 1.82) is 0 Å². The van der Waals surface area contributed by atoms with Crippen LogP contribution in [0.2, 0.25) is 0 Å². The number of carboxylic acid groups (broad SMARTS) is 1. The number of rotatable bonds is 10. The Hall–Kier alpha value is -3.53. The first-order chi connectivity index (χ1) is 14.7. The maximum atomic E-state index is 13.0. The van der Waals surface area contributed by atoms with E-state index in [4.69, 9.17) is 19.3 Å². The van der Waals surface area contributed by atoms with E-state index in [1.54, 1.807) is 0 Å². The summed E-state index contributed by atoms with van der Waals surface area (Å²) in [6.45, 7) is 2.17. The number of carboxylic acids is 1. The van der Waals surface area contributed by atoms with E-state index in [2.05, 4.69) is 4.72 Å². The number of nitrogens with one attached hydrogen (secondary N) is 1. The Morgan fingerprint density at radius 1 is 1.10 bits per heavy atom. The van der Waals surface area contributed by atoms with Gasteiger partial charge >= 0.3 is 11.9 Å². The first-order valence-electron chi connectivity index (χ1n) is 9.18. The van der Waals surface area contributed by atoms with Crippen LogP contribution in [0, 0.1) is 0 Å². The fraction of sp³-hybridized carbons (Fsp3) is 0.238. The molecule has 2 N–H and O–H groups in total. The van der Waals surface area contributed by atoms with Crippen LogP contribution in [0.15, 0.2) is 47.4 Å². The minimum Gasteiger partial charge on any atom is -0.493 e. The Morgan fingerprint density at radius 3 is 2.32 bits per heavy atom. The molecule has 2 rings (SSSR count). The van der Waals surface area contributed by atoms with Crippen LogP contribution < -0.4 is 14.2 Å². The van der Waals surface area contributed by atoms with Gasteiger partial charge < -0.3 is 19.3 Å². The average Bonchev–Trinajstić information content (AvgIpc) is 2.75. The standard InChI is InChI=1S/C21H23NO8S/c1-4-11-30-21(25)15-6-8-16(9-7-15)22-31(26,27)18-13-14(5-10-19(23)24)12-17(28-2)20(18)29-3/h5-10,12-13,22H,4,11H2,1-3H3,(H,23,24)/b10-5+. The SMILES string of the molecule is CCCOC(=O)c1ccc(NS(=O)(=O)c2cc(/C=C/C(=O)O)cc(OC)c2OC)cc1. The van der Waals surface area contributed by atoms with Gasteiger partial charge in [0, 0.05) is 11.8 Å². The van der Waals surface area contributed by atoms with Crippen LogP contribution in [0.1, 0.15) is 29.3 Å². The van der Waals surface area contributed by atoms with Crippen molar-refractivity contribution in [2.45, 2.75) is 18.2 Å². The molecule has 0 saturated heterocycles. The highest BCUT2D eigenvalue weighted by atomic mass is 32.2. The van der Waals surface area contributed by atoms with Crippen LogP contribution in [0.25, 0.3) is 6.08 Å². The number of hydrogen-bond donors (Lipinski definition) is 2. The maximum Gasteiger partial charge on any atom is 0.338 e. The Balaban J connectivity index is 2.39. The molecule has 0 aliphatic carbocycles. The van der Waals surface area contributed by atoms with Crippen LogP contribution in [-0.2, 0) is 19.6 Å². The van der Waals surface area contributed by atoms with Gasteiger partial charge in [0.25, 0.3) is 10.0 Å². The predicted molar refractivity (Wildman–Crippen MR) is 114 cm³/mol. The number of benzene rings is 2. The Morgan fingerprint density at radius 2 is 1.77 bits per heavy atom. The van der Waals surface area contributed by atoms with E-state index in [0.29, 0.717) is 13.0 Å². The van der Waals surface area contributed by atoms with E-state index in [0.717, 1.165) is 6.08 Å². The van der Waals surface area contributed by atoms with E-state index in [1.165, 1.54) is 56.7 Å². The molecule has 166 valence electrons. The normalized spacial score (nSPS) is 11.2. The van der Waals surface area contributed by atoms with Crippen molar-refractivity contribution in [3.05, 3.63) is 53.6 Å². The average molecular weight is 449 g/mol. The number of ether oxygens (including phenoxy) is 3. The minimum atomic E-state index is -4.15. The molecule has 0 aliphatic rings. The van der Waals surface area contributed by atoms with Crippen molar-refractivity contribution in [2.75, 3.05) is 25.5 Å². The van der Waals surface area contributed by atoms with Crippen molar-refractivity contribution in [2.24, 2.45) is 0 Å². The largest absolute Gasteiger partial charge is 0.493 e. The van der Waals surface area contributed by atoms with Crippen molar-refractivity contribution >= 4 is 33.7 Å². The van der Waals surface area contributed by atoms with Gasteiger partial charge in [-0.05, 0) is 54.5 Å². The van der Waals surface area contributed by atoms with Crippen molar-refractivity contribution in [3.8, 4) is 11.5 Å². The molecule has 0 amide bonds. The summed E-state index contributed by atoms with van der Waals surface area (Å²) in [6.07, 6.45) is 2.80. The van der Waals surface area contributed by atoms with Crippen LogP contribution in [0.4, 0.5) is 5.69 Å². The number of carbonyl (C=O) groups is 2. The van der Waals surface area contributed by atoms with Crippen molar-refractivity contribution in [3.63, 3.8) is 0 Å². The highest BCUT2D eigenvalue weighted by molar-refractivity contribution is 7.92. The number of aliphatic carboxylic acids is 1. The van der Waals surface area contributed by atoms with Gasteiger partial charge in [-0.1, -0.05) is 6.92 Å². The second kappa shape index (κ2) is 10.5. The molecule has 0 heterocycles. The van der Waals surface area contributed by atoms with Crippen molar-refractivity contribution in [1.82, 2.24) is 0 Å². The third kappa shape index (κ3) is 6.22. The predicted octanol–water partition coefficient (Wildman–Crippen LogP) is 3.17. The van der Waals surface area contributed by atoms with E-state index < -0.39 is 22.0 Å². The van der Waals surface area contributed by atoms with Gasteiger partial charge in [0.05, 0.1) is 26.4 Å². The molecule has 2 aromatic rings. The van der Waals surface area contributed by atoms with Gasteiger partial charge in [0.1, 0.15) is 4.90 Å². The fourth-order valence-corrected chi connectivity index (χ4v) is 3.85. The van der Waals surface area contributed by atoms with E-state index in [1.807, 2.05) is 6.92 Å². The van der Waals surface area contributed by atoms with Crippen LogP contribution in [0.5, 0.6) is 11.5 Å². The number of hydrogen-bond acceptors (Lipinski definition) is 7. The highest BCUT2D eigenvalue weighted by Crippen LogP contribution is 2.37. The van der Waals surface area contributed by atoms with Crippen LogP contribution >= 0.6 is 0 Å². The Bertz CT molecular complexity index is 1080. The van der Waals surface area contributed by atoms with Crippen LogP contribution in [-0.4, -0.2) is 46.3 Å². The van der Waals surface area contributed by atoms with Gasteiger partial charge in [-0.15, -0.1) is 0 Å². The lowest BCUT2D eigenvalue weighted by Crippen LogP contribution is -2.15. The van der Waals surface area contributed by atoms with Gasteiger partial charge in [-0.2, -0.15) is 0 Å². The first kappa shape index (κ1) is 23.7. The summed E-state index contributed by atoms with van der Waals surface area (Å²) in [4.78, 5) is 22.4. The molecule has 0 atom stereocenters. The van der Waals surface area contributed by atoms with Gasteiger partial charge in [-0.25, -0.2) is 18.0 Å². The smallest absolute Gasteiger partial charge is 0.338 e. The summed E-state index contributed by atoms with van der Waals surface area (Å²) in [5, 5.41) is 8.83. The zero-order valence-electron chi connectivity index (χ0n) is 17.2. The quantitative estimate of drug-likeness (QED) is 0.418. The molecule has 2 aromatic carbocycles. The third-order valence-electron chi connectivity index (χ3n) is 3.99. The molecule has 0 aliphatic heterocycles. The van der Waals surface area contributed by atoms with Gasteiger partial charge in [0.2, 0.25) is 0 Å². The number of carbonyl (C=O) groups excluding carboxylic acids is 1. The van der Waals surface area contributed by atoms with E-state index >= 15 is 0 Å². The maximum absolute atomic E-state index is 13.0.